The Balaban J connectivity index is 1.76. The molecule has 4 rings (SSSR count). The molecule has 6 nitrogen and oxygen atoms in total. The van der Waals surface area contributed by atoms with Crippen LogP contribution in [0.4, 0.5) is 18.3 Å². The minimum Gasteiger partial charge on any atom is -0.497 e. The lowest BCUT2D eigenvalue weighted by Gasteiger charge is -2.15. The number of ether oxygens (including phenoxy) is 2. The molecule has 0 aliphatic carbocycles. The Labute approximate surface area is 196 Å². The summed E-state index contributed by atoms with van der Waals surface area (Å²) in [5.74, 6) is 0.510. The van der Waals surface area contributed by atoms with E-state index in [2.05, 4.69) is 10.1 Å². The first-order chi connectivity index (χ1) is 16.3. The van der Waals surface area contributed by atoms with Crippen molar-refractivity contribution in [3.63, 3.8) is 0 Å². The lowest BCUT2D eigenvalue weighted by molar-refractivity contribution is -0.137. The summed E-state index contributed by atoms with van der Waals surface area (Å²) in [5, 5.41) is 5.48. The quantitative estimate of drug-likeness (QED) is 0.248. The average Bonchev–Trinajstić information content (AvgIpc) is 3.26. The van der Waals surface area contributed by atoms with Gasteiger partial charge in [0.2, 0.25) is 5.13 Å². The van der Waals surface area contributed by atoms with Crippen LogP contribution in [-0.4, -0.2) is 31.3 Å². The molecule has 0 radical (unpaired) electrons. The Morgan fingerprint density at radius 3 is 2.38 bits per heavy atom. The van der Waals surface area contributed by atoms with Crippen LogP contribution in [-0.2, 0) is 6.18 Å². The van der Waals surface area contributed by atoms with Crippen molar-refractivity contribution in [2.24, 2.45) is 5.10 Å². The molecule has 0 aliphatic rings. The fourth-order valence-electron chi connectivity index (χ4n) is 3.06. The van der Waals surface area contributed by atoms with Gasteiger partial charge in [0, 0.05) is 5.56 Å². The number of fused-ring (bicyclic) bond motifs is 1. The van der Waals surface area contributed by atoms with Crippen molar-refractivity contribution in [3.8, 4) is 11.5 Å². The number of rotatable bonds is 6. The molecule has 4 aromatic rings. The van der Waals surface area contributed by atoms with Gasteiger partial charge in [-0.2, -0.15) is 23.3 Å². The van der Waals surface area contributed by atoms with E-state index in [0.717, 1.165) is 21.8 Å². The van der Waals surface area contributed by atoms with Crippen molar-refractivity contribution in [2.75, 3.05) is 19.2 Å². The van der Waals surface area contributed by atoms with Crippen molar-refractivity contribution < 1.29 is 27.4 Å². The third-order valence-corrected chi connectivity index (χ3v) is 5.83. The molecule has 3 aromatic carbocycles. The first kappa shape index (κ1) is 23.2. The number of hydrogen-bond acceptors (Lipinski definition) is 6. The Morgan fingerprint density at radius 1 is 1.00 bits per heavy atom. The maximum atomic E-state index is 13.3. The summed E-state index contributed by atoms with van der Waals surface area (Å²) in [7, 11) is 3.08. The predicted octanol–water partition coefficient (Wildman–Crippen LogP) is 6.01. The normalized spacial score (nSPS) is 11.7. The van der Waals surface area contributed by atoms with Crippen molar-refractivity contribution >= 4 is 38.8 Å². The molecule has 1 amide bonds. The van der Waals surface area contributed by atoms with Crippen molar-refractivity contribution in [2.45, 2.75) is 6.18 Å². The molecule has 10 heteroatoms. The molecule has 174 valence electrons. The molecule has 0 N–H and O–H groups in total. The first-order valence-corrected chi connectivity index (χ1v) is 10.7. The fourth-order valence-corrected chi connectivity index (χ4v) is 4.01. The lowest BCUT2D eigenvalue weighted by atomic mass is 10.1. The van der Waals surface area contributed by atoms with E-state index < -0.39 is 17.6 Å². The Morgan fingerprint density at radius 2 is 1.71 bits per heavy atom. The van der Waals surface area contributed by atoms with E-state index in [4.69, 9.17) is 9.47 Å². The summed E-state index contributed by atoms with van der Waals surface area (Å²) in [6.45, 7) is 0. The van der Waals surface area contributed by atoms with Gasteiger partial charge < -0.3 is 9.47 Å². The summed E-state index contributed by atoms with van der Waals surface area (Å²) in [4.78, 5) is 17.8. The number of hydrazone groups is 1. The summed E-state index contributed by atoms with van der Waals surface area (Å²) < 4.78 is 50.7. The predicted molar refractivity (Wildman–Crippen MR) is 125 cm³/mol. The molecule has 0 aliphatic heterocycles. The summed E-state index contributed by atoms with van der Waals surface area (Å²) >= 11 is 1.17. The minimum absolute atomic E-state index is 0.168. The molecule has 0 saturated heterocycles. The second kappa shape index (κ2) is 9.52. The van der Waals surface area contributed by atoms with E-state index in [1.165, 1.54) is 36.8 Å². The van der Waals surface area contributed by atoms with Gasteiger partial charge >= 0.3 is 6.18 Å². The SMILES string of the molecule is COc1ccc(/C=N/N(C(=O)c2cccc(C(F)(F)F)c2)c2nc3ccc(OC)cc3s2)cc1. The van der Waals surface area contributed by atoms with Crippen LogP contribution in [0.2, 0.25) is 0 Å². The molecule has 0 bridgehead atoms. The zero-order valence-corrected chi connectivity index (χ0v) is 18.9. The number of halogens is 3. The van der Waals surface area contributed by atoms with Gasteiger partial charge in [-0.15, -0.1) is 0 Å². The third kappa shape index (κ3) is 5.01. The molecule has 1 heterocycles. The number of carbonyl (C=O) groups excluding carboxylic acids is 1. The van der Waals surface area contributed by atoms with E-state index in [9.17, 15) is 18.0 Å². The van der Waals surface area contributed by atoms with Crippen LogP contribution in [0.25, 0.3) is 10.2 Å². The number of thiazole rings is 1. The zero-order valence-electron chi connectivity index (χ0n) is 18.0. The van der Waals surface area contributed by atoms with Crippen LogP contribution in [0.15, 0.2) is 71.8 Å². The number of methoxy groups -OCH3 is 2. The van der Waals surface area contributed by atoms with E-state index in [1.54, 1.807) is 49.6 Å². The number of alkyl halides is 3. The van der Waals surface area contributed by atoms with Crippen molar-refractivity contribution in [1.29, 1.82) is 0 Å². The smallest absolute Gasteiger partial charge is 0.416 e. The maximum absolute atomic E-state index is 13.3. The standard InChI is InChI=1S/C24H18F3N3O3S/c1-32-18-8-6-15(7-9-18)14-28-30(22(31)16-4-3-5-17(12-16)24(25,26)27)23-29-20-11-10-19(33-2)13-21(20)34-23/h3-14H,1-2H3/b28-14+. The van der Waals surface area contributed by atoms with Gasteiger partial charge in [0.25, 0.3) is 5.91 Å². The maximum Gasteiger partial charge on any atom is 0.416 e. The number of amides is 1. The fraction of sp³-hybridized carbons (Fsp3) is 0.125. The van der Waals surface area contributed by atoms with Gasteiger partial charge in [-0.05, 0) is 66.2 Å². The van der Waals surface area contributed by atoms with Crippen LogP contribution >= 0.6 is 11.3 Å². The highest BCUT2D eigenvalue weighted by Crippen LogP contribution is 2.34. The van der Waals surface area contributed by atoms with E-state index in [-0.39, 0.29) is 10.7 Å². The van der Waals surface area contributed by atoms with Crippen molar-refractivity contribution in [3.05, 3.63) is 83.4 Å². The lowest BCUT2D eigenvalue weighted by Crippen LogP contribution is -2.26. The largest absolute Gasteiger partial charge is 0.497 e. The van der Waals surface area contributed by atoms with Crippen LogP contribution in [0, 0.1) is 0 Å². The molecule has 1 aromatic heterocycles. The summed E-state index contributed by atoms with van der Waals surface area (Å²) in [5.41, 5.74) is 0.165. The van der Waals surface area contributed by atoms with Crippen LogP contribution in [0.1, 0.15) is 21.5 Å². The van der Waals surface area contributed by atoms with Gasteiger partial charge in [0.05, 0.1) is 36.2 Å². The highest BCUT2D eigenvalue weighted by molar-refractivity contribution is 7.22. The van der Waals surface area contributed by atoms with E-state index >= 15 is 0 Å². The molecule has 0 fully saturated rings. The molecular weight excluding hydrogens is 467 g/mol. The molecule has 34 heavy (non-hydrogen) atoms. The molecular formula is C24H18F3N3O3S. The Kier molecular flexibility index (Phi) is 6.51. The van der Waals surface area contributed by atoms with Gasteiger partial charge in [0.1, 0.15) is 11.5 Å². The number of carbonyl (C=O) groups is 1. The van der Waals surface area contributed by atoms with Gasteiger partial charge in [-0.25, -0.2) is 4.98 Å². The summed E-state index contributed by atoms with van der Waals surface area (Å²) in [6.07, 6.45) is -3.16. The van der Waals surface area contributed by atoms with Crippen LogP contribution in [0.5, 0.6) is 11.5 Å². The number of aromatic nitrogens is 1. The number of anilines is 1. The average molecular weight is 485 g/mol. The van der Waals surface area contributed by atoms with E-state index in [0.29, 0.717) is 22.6 Å². The second-order valence-corrected chi connectivity index (χ2v) is 8.05. The number of benzene rings is 3. The van der Waals surface area contributed by atoms with Crippen molar-refractivity contribution in [1.82, 2.24) is 4.98 Å². The first-order valence-electron chi connectivity index (χ1n) is 9.93. The van der Waals surface area contributed by atoms with Gasteiger partial charge in [-0.1, -0.05) is 17.4 Å². The van der Waals surface area contributed by atoms with Crippen LogP contribution < -0.4 is 14.5 Å². The second-order valence-electron chi connectivity index (χ2n) is 7.04. The highest BCUT2D eigenvalue weighted by Gasteiger charge is 2.32. The van der Waals surface area contributed by atoms with Gasteiger partial charge in [-0.3, -0.25) is 4.79 Å². The molecule has 0 saturated carbocycles. The third-order valence-electron chi connectivity index (χ3n) is 4.83. The number of nitrogens with zero attached hydrogens (tertiary/aromatic N) is 3. The Bertz CT molecular complexity index is 1350. The molecule has 0 spiro atoms. The van der Waals surface area contributed by atoms with Gasteiger partial charge in [0.15, 0.2) is 0 Å². The number of hydrogen-bond donors (Lipinski definition) is 0. The minimum atomic E-state index is -4.58. The monoisotopic (exact) mass is 485 g/mol. The zero-order chi connectivity index (χ0) is 24.3. The Hall–Kier alpha value is -3.92. The molecule has 0 atom stereocenters. The van der Waals surface area contributed by atoms with E-state index in [1.807, 2.05) is 0 Å². The molecule has 0 unspecified atom stereocenters. The topological polar surface area (TPSA) is 64.0 Å². The summed E-state index contributed by atoms with van der Waals surface area (Å²) in [6, 6.07) is 16.3. The van der Waals surface area contributed by atoms with Crippen LogP contribution in [0.3, 0.4) is 0 Å². The highest BCUT2D eigenvalue weighted by atomic mass is 32.1.